The molecule has 0 heterocycles. The standard InChI is InChI=1S/C17H14F2N2O3/c1-24-15-8-2-11(10-14(15)19)3-9-16(22)20-21-17(23)12-4-6-13(18)7-5-12/h2-10H,1H3,(H,20,22)(H,21,23)/b9-3+. The fourth-order valence-corrected chi connectivity index (χ4v) is 1.79. The third-order valence-electron chi connectivity index (χ3n) is 3.01. The average Bonchev–Trinajstić information content (AvgIpc) is 2.58. The van der Waals surface area contributed by atoms with Gasteiger partial charge >= 0.3 is 0 Å². The second-order valence-electron chi connectivity index (χ2n) is 4.68. The molecule has 0 saturated carbocycles. The van der Waals surface area contributed by atoms with Gasteiger partial charge < -0.3 is 4.74 Å². The molecule has 2 aromatic carbocycles. The SMILES string of the molecule is COc1ccc(/C=C/C(=O)NNC(=O)c2ccc(F)cc2)cc1F. The van der Waals surface area contributed by atoms with Crippen LogP contribution in [-0.4, -0.2) is 18.9 Å². The summed E-state index contributed by atoms with van der Waals surface area (Å²) in [6.07, 6.45) is 2.51. The molecule has 0 unspecified atom stereocenters. The van der Waals surface area contributed by atoms with Crippen molar-refractivity contribution in [3.63, 3.8) is 0 Å². The van der Waals surface area contributed by atoms with Gasteiger partial charge in [-0.3, -0.25) is 20.4 Å². The Balaban J connectivity index is 1.89. The Hall–Kier alpha value is -3.22. The summed E-state index contributed by atoms with van der Waals surface area (Å²) in [5.74, 6) is -2.12. The molecule has 0 fully saturated rings. The Kier molecular flexibility index (Phi) is 5.62. The van der Waals surface area contributed by atoms with Crippen LogP contribution < -0.4 is 15.6 Å². The predicted octanol–water partition coefficient (Wildman–Crippen LogP) is 2.45. The number of nitrogens with one attached hydrogen (secondary N) is 2. The van der Waals surface area contributed by atoms with Crippen LogP contribution in [0.3, 0.4) is 0 Å². The lowest BCUT2D eigenvalue weighted by molar-refractivity contribution is -0.117. The Morgan fingerprint density at radius 3 is 2.38 bits per heavy atom. The van der Waals surface area contributed by atoms with Gasteiger partial charge in [-0.1, -0.05) is 6.07 Å². The van der Waals surface area contributed by atoms with E-state index in [1.54, 1.807) is 6.07 Å². The van der Waals surface area contributed by atoms with Crippen LogP contribution in [0.15, 0.2) is 48.5 Å². The zero-order valence-corrected chi connectivity index (χ0v) is 12.7. The van der Waals surface area contributed by atoms with Gasteiger partial charge in [-0.15, -0.1) is 0 Å². The first-order valence-electron chi connectivity index (χ1n) is 6.87. The number of ether oxygens (including phenoxy) is 1. The molecule has 2 aromatic rings. The second kappa shape index (κ2) is 7.87. The number of hydrogen-bond acceptors (Lipinski definition) is 3. The highest BCUT2D eigenvalue weighted by Crippen LogP contribution is 2.18. The molecule has 0 radical (unpaired) electrons. The average molecular weight is 332 g/mol. The van der Waals surface area contributed by atoms with E-state index in [-0.39, 0.29) is 11.3 Å². The maximum Gasteiger partial charge on any atom is 0.269 e. The molecule has 0 atom stereocenters. The maximum atomic E-state index is 13.5. The van der Waals surface area contributed by atoms with Crippen molar-refractivity contribution in [1.29, 1.82) is 0 Å². The van der Waals surface area contributed by atoms with Crippen LogP contribution in [0.4, 0.5) is 8.78 Å². The lowest BCUT2D eigenvalue weighted by Gasteiger charge is -2.05. The molecule has 2 amide bonds. The molecule has 0 saturated heterocycles. The number of hydrogen-bond donors (Lipinski definition) is 2. The molecule has 2 N–H and O–H groups in total. The second-order valence-corrected chi connectivity index (χ2v) is 4.68. The molecule has 0 aromatic heterocycles. The molecule has 0 aliphatic rings. The van der Waals surface area contributed by atoms with E-state index < -0.39 is 23.4 Å². The van der Waals surface area contributed by atoms with E-state index in [4.69, 9.17) is 4.74 Å². The van der Waals surface area contributed by atoms with E-state index in [2.05, 4.69) is 10.9 Å². The summed E-state index contributed by atoms with van der Waals surface area (Å²) in [6.45, 7) is 0. The van der Waals surface area contributed by atoms with E-state index in [0.29, 0.717) is 5.56 Å². The number of hydrazine groups is 1. The van der Waals surface area contributed by atoms with Gasteiger partial charge in [0.25, 0.3) is 11.8 Å². The lowest BCUT2D eigenvalue weighted by atomic mass is 10.2. The van der Waals surface area contributed by atoms with Gasteiger partial charge in [-0.2, -0.15) is 0 Å². The highest BCUT2D eigenvalue weighted by molar-refractivity contribution is 5.97. The molecule has 0 aliphatic heterocycles. The fraction of sp³-hybridized carbons (Fsp3) is 0.0588. The molecule has 0 spiro atoms. The van der Waals surface area contributed by atoms with Crippen molar-refractivity contribution in [2.45, 2.75) is 0 Å². The number of halogens is 2. The summed E-state index contributed by atoms with van der Waals surface area (Å²) in [7, 11) is 1.35. The predicted molar refractivity (Wildman–Crippen MR) is 84.0 cm³/mol. The van der Waals surface area contributed by atoms with E-state index in [1.807, 2.05) is 0 Å². The fourth-order valence-electron chi connectivity index (χ4n) is 1.79. The summed E-state index contributed by atoms with van der Waals surface area (Å²) < 4.78 is 31.0. The van der Waals surface area contributed by atoms with Crippen molar-refractivity contribution < 1.29 is 23.1 Å². The molecule has 0 aliphatic carbocycles. The summed E-state index contributed by atoms with van der Waals surface area (Å²) >= 11 is 0. The topological polar surface area (TPSA) is 67.4 Å². The van der Waals surface area contributed by atoms with Gasteiger partial charge in [-0.05, 0) is 48.0 Å². The minimum Gasteiger partial charge on any atom is -0.494 e. The first kappa shape index (κ1) is 17.1. The number of amides is 2. The van der Waals surface area contributed by atoms with E-state index in [1.165, 1.54) is 37.5 Å². The van der Waals surface area contributed by atoms with Crippen molar-refractivity contribution in [3.8, 4) is 5.75 Å². The summed E-state index contributed by atoms with van der Waals surface area (Å²) in [5, 5.41) is 0. The van der Waals surface area contributed by atoms with Gasteiger partial charge in [0.15, 0.2) is 11.6 Å². The third-order valence-corrected chi connectivity index (χ3v) is 3.01. The van der Waals surface area contributed by atoms with Gasteiger partial charge in [-0.25, -0.2) is 8.78 Å². The summed E-state index contributed by atoms with van der Waals surface area (Å²) in [5.41, 5.74) is 4.99. The lowest BCUT2D eigenvalue weighted by Crippen LogP contribution is -2.40. The quantitative estimate of drug-likeness (QED) is 0.667. The molecule has 24 heavy (non-hydrogen) atoms. The van der Waals surface area contributed by atoms with Gasteiger partial charge in [0.2, 0.25) is 0 Å². The molecule has 7 heteroatoms. The Morgan fingerprint density at radius 2 is 1.75 bits per heavy atom. The van der Waals surface area contributed by atoms with Crippen molar-refractivity contribution in [2.24, 2.45) is 0 Å². The van der Waals surface area contributed by atoms with Crippen molar-refractivity contribution in [1.82, 2.24) is 10.9 Å². The van der Waals surface area contributed by atoms with Crippen LogP contribution in [-0.2, 0) is 4.79 Å². The van der Waals surface area contributed by atoms with Crippen LogP contribution in [0.25, 0.3) is 6.08 Å². The Morgan fingerprint density at radius 1 is 1.04 bits per heavy atom. The van der Waals surface area contributed by atoms with Crippen molar-refractivity contribution in [2.75, 3.05) is 7.11 Å². The summed E-state index contributed by atoms with van der Waals surface area (Å²) in [4.78, 5) is 23.3. The molecule has 5 nitrogen and oxygen atoms in total. The normalized spacial score (nSPS) is 10.5. The van der Waals surface area contributed by atoms with Crippen LogP contribution in [0, 0.1) is 11.6 Å². The van der Waals surface area contributed by atoms with Crippen LogP contribution in [0.1, 0.15) is 15.9 Å². The first-order chi connectivity index (χ1) is 11.5. The Bertz CT molecular complexity index is 774. The van der Waals surface area contributed by atoms with E-state index >= 15 is 0 Å². The summed E-state index contributed by atoms with van der Waals surface area (Å²) in [6, 6.07) is 9.05. The largest absolute Gasteiger partial charge is 0.494 e. The molecule has 124 valence electrons. The van der Waals surface area contributed by atoms with Crippen LogP contribution >= 0.6 is 0 Å². The molecular formula is C17H14F2N2O3. The molecule has 2 rings (SSSR count). The highest BCUT2D eigenvalue weighted by Gasteiger charge is 2.06. The van der Waals surface area contributed by atoms with E-state index in [9.17, 15) is 18.4 Å². The van der Waals surface area contributed by atoms with Gasteiger partial charge in [0, 0.05) is 11.6 Å². The number of methoxy groups -OCH3 is 1. The van der Waals surface area contributed by atoms with Gasteiger partial charge in [0.1, 0.15) is 5.82 Å². The first-order valence-corrected chi connectivity index (χ1v) is 6.87. The molecule has 0 bridgehead atoms. The third kappa shape index (κ3) is 4.64. The van der Waals surface area contributed by atoms with Crippen molar-refractivity contribution >= 4 is 17.9 Å². The van der Waals surface area contributed by atoms with Gasteiger partial charge in [0.05, 0.1) is 7.11 Å². The number of carbonyl (C=O) groups is 2. The molecular weight excluding hydrogens is 318 g/mol. The van der Waals surface area contributed by atoms with Crippen LogP contribution in [0.5, 0.6) is 5.75 Å². The van der Waals surface area contributed by atoms with Crippen LogP contribution in [0.2, 0.25) is 0 Å². The number of benzene rings is 2. The van der Waals surface area contributed by atoms with E-state index in [0.717, 1.165) is 18.2 Å². The number of rotatable bonds is 4. The zero-order valence-electron chi connectivity index (χ0n) is 12.7. The smallest absolute Gasteiger partial charge is 0.269 e. The maximum absolute atomic E-state index is 13.5. The monoisotopic (exact) mass is 332 g/mol. The Labute approximate surface area is 136 Å². The minimum absolute atomic E-state index is 0.100. The number of carbonyl (C=O) groups excluding carboxylic acids is 2. The zero-order chi connectivity index (χ0) is 17.5. The van der Waals surface area contributed by atoms with Crippen molar-refractivity contribution in [3.05, 3.63) is 71.3 Å². The minimum atomic E-state index is -0.610. The highest BCUT2D eigenvalue weighted by atomic mass is 19.1.